The molecule has 0 spiro atoms. The number of aliphatic imine (C=N–C) groups is 1. The van der Waals surface area contributed by atoms with Gasteiger partial charge in [0.2, 0.25) is 0 Å². The molecule has 2 aliphatic rings. The van der Waals surface area contributed by atoms with Gasteiger partial charge in [0.25, 0.3) is 0 Å². The number of nitrogens with zero attached hydrogens (tertiary/aromatic N) is 1. The molecule has 3 heteroatoms. The molecular weight excluding hydrogens is 230 g/mol. The van der Waals surface area contributed by atoms with E-state index in [-0.39, 0.29) is 0 Å². The Labute approximate surface area is 106 Å². The minimum absolute atomic E-state index is 0.506. The second kappa shape index (κ2) is 4.73. The van der Waals surface area contributed by atoms with Crippen LogP contribution >= 0.6 is 11.8 Å². The molecule has 0 N–H and O–H groups in total. The van der Waals surface area contributed by atoms with E-state index in [1.165, 1.54) is 30.6 Å². The zero-order valence-corrected chi connectivity index (χ0v) is 10.9. The molecule has 0 amide bonds. The molecule has 1 aromatic rings. The lowest BCUT2D eigenvalue weighted by molar-refractivity contribution is 0.333. The maximum Gasteiger partial charge on any atom is 0.192 e. The van der Waals surface area contributed by atoms with Crippen molar-refractivity contribution in [1.82, 2.24) is 0 Å². The number of fused-ring (bicyclic) bond motifs is 2. The largest absolute Gasteiger partial charge is 0.484 e. The highest BCUT2D eigenvalue weighted by atomic mass is 32.2. The van der Waals surface area contributed by atoms with Gasteiger partial charge in [-0.1, -0.05) is 25.0 Å². The van der Waals surface area contributed by atoms with Crippen LogP contribution in [-0.4, -0.2) is 18.3 Å². The van der Waals surface area contributed by atoms with Crippen LogP contribution in [0.4, 0.5) is 5.69 Å². The molecule has 3 rings (SSSR count). The summed E-state index contributed by atoms with van der Waals surface area (Å²) < 4.78 is 5.53. The van der Waals surface area contributed by atoms with Crippen LogP contribution in [0.5, 0.6) is 0 Å². The molecule has 1 fully saturated rings. The number of hydrogen-bond acceptors (Lipinski definition) is 3. The van der Waals surface area contributed by atoms with Crippen molar-refractivity contribution in [2.75, 3.05) is 7.11 Å². The Morgan fingerprint density at radius 3 is 2.94 bits per heavy atom. The van der Waals surface area contributed by atoms with E-state index in [0.29, 0.717) is 11.2 Å². The van der Waals surface area contributed by atoms with Gasteiger partial charge in [-0.2, -0.15) is 0 Å². The summed E-state index contributed by atoms with van der Waals surface area (Å²) >= 11 is 1.99. The monoisotopic (exact) mass is 247 g/mol. The Kier molecular flexibility index (Phi) is 3.10. The molecule has 0 saturated heterocycles. The molecule has 2 unspecified atom stereocenters. The molecule has 1 aliphatic carbocycles. The van der Waals surface area contributed by atoms with Crippen molar-refractivity contribution < 1.29 is 4.74 Å². The fraction of sp³-hybridized carbons (Fsp3) is 0.500. The maximum atomic E-state index is 5.53. The van der Waals surface area contributed by atoms with E-state index < -0.39 is 0 Å². The Hall–Kier alpha value is -0.960. The second-order valence-electron chi connectivity index (χ2n) is 4.67. The third-order valence-corrected chi connectivity index (χ3v) is 5.07. The normalized spacial score (nSPS) is 27.5. The summed E-state index contributed by atoms with van der Waals surface area (Å²) in [6.07, 6.45) is 5.15. The Morgan fingerprint density at radius 1 is 1.24 bits per heavy atom. The first-order valence-corrected chi connectivity index (χ1v) is 7.14. The quantitative estimate of drug-likeness (QED) is 0.690. The second-order valence-corrected chi connectivity index (χ2v) is 5.95. The smallest absolute Gasteiger partial charge is 0.192 e. The number of rotatable bonds is 0. The van der Waals surface area contributed by atoms with Crippen LogP contribution in [0.3, 0.4) is 0 Å². The van der Waals surface area contributed by atoms with Gasteiger partial charge in [-0.15, -0.1) is 11.8 Å². The summed E-state index contributed by atoms with van der Waals surface area (Å²) in [6.45, 7) is 0. The average molecular weight is 247 g/mol. The molecule has 1 heterocycles. The van der Waals surface area contributed by atoms with E-state index in [2.05, 4.69) is 18.2 Å². The van der Waals surface area contributed by atoms with E-state index in [0.717, 1.165) is 11.6 Å². The summed E-state index contributed by atoms with van der Waals surface area (Å²) in [6, 6.07) is 8.40. The van der Waals surface area contributed by atoms with Gasteiger partial charge < -0.3 is 4.74 Å². The third-order valence-electron chi connectivity index (χ3n) is 3.60. The maximum absolute atomic E-state index is 5.53. The number of benzene rings is 1. The van der Waals surface area contributed by atoms with Crippen molar-refractivity contribution in [3.05, 3.63) is 24.3 Å². The topological polar surface area (TPSA) is 21.6 Å². The highest BCUT2D eigenvalue weighted by Crippen LogP contribution is 2.44. The van der Waals surface area contributed by atoms with Crippen molar-refractivity contribution >= 4 is 23.3 Å². The lowest BCUT2D eigenvalue weighted by atomic mass is 9.88. The first kappa shape index (κ1) is 11.1. The molecule has 2 nitrogen and oxygen atoms in total. The number of hydrogen-bond donors (Lipinski definition) is 0. The molecule has 1 aliphatic heterocycles. The minimum Gasteiger partial charge on any atom is -0.484 e. The van der Waals surface area contributed by atoms with Crippen LogP contribution in [0.1, 0.15) is 25.7 Å². The summed E-state index contributed by atoms with van der Waals surface area (Å²) in [5, 5.41) is 0.645. The Bertz CT molecular complexity index is 444. The SMILES string of the molecule is COC1=Nc2ccccc2SC2CCCCC12. The number of methoxy groups -OCH3 is 1. The third kappa shape index (κ3) is 2.08. The van der Waals surface area contributed by atoms with Crippen molar-refractivity contribution in [3.8, 4) is 0 Å². The standard InChI is InChI=1S/C14H17NOS/c1-16-14-10-6-2-4-8-12(10)17-13-9-5-3-7-11(13)15-14/h3,5,7,9-10,12H,2,4,6,8H2,1H3. The van der Waals surface area contributed by atoms with Gasteiger partial charge in [0.05, 0.1) is 12.8 Å². The molecule has 0 bridgehead atoms. The van der Waals surface area contributed by atoms with E-state index >= 15 is 0 Å². The predicted molar refractivity (Wildman–Crippen MR) is 72.1 cm³/mol. The summed E-state index contributed by atoms with van der Waals surface area (Å²) in [4.78, 5) is 6.02. The highest BCUT2D eigenvalue weighted by Gasteiger charge is 2.33. The average Bonchev–Trinajstić information content (AvgIpc) is 2.54. The molecule has 90 valence electrons. The number of thioether (sulfide) groups is 1. The Morgan fingerprint density at radius 2 is 2.06 bits per heavy atom. The van der Waals surface area contributed by atoms with Gasteiger partial charge in [0.1, 0.15) is 0 Å². The number of ether oxygens (including phenoxy) is 1. The van der Waals surface area contributed by atoms with Gasteiger partial charge >= 0.3 is 0 Å². The fourth-order valence-corrected chi connectivity index (χ4v) is 4.15. The molecular formula is C14H17NOS. The van der Waals surface area contributed by atoms with Gasteiger partial charge in [-0.25, -0.2) is 4.99 Å². The van der Waals surface area contributed by atoms with E-state index in [1.807, 2.05) is 17.8 Å². The highest BCUT2D eigenvalue weighted by molar-refractivity contribution is 8.00. The van der Waals surface area contributed by atoms with Crippen molar-refractivity contribution in [1.29, 1.82) is 0 Å². The first-order valence-electron chi connectivity index (χ1n) is 6.27. The van der Waals surface area contributed by atoms with Crippen LogP contribution in [0, 0.1) is 5.92 Å². The summed E-state index contributed by atoms with van der Waals surface area (Å²) in [5.74, 6) is 1.44. The van der Waals surface area contributed by atoms with Crippen LogP contribution in [0.25, 0.3) is 0 Å². The van der Waals surface area contributed by atoms with Gasteiger partial charge in [0.15, 0.2) is 5.90 Å². The molecule has 17 heavy (non-hydrogen) atoms. The summed E-state index contributed by atoms with van der Waals surface area (Å²) in [7, 11) is 1.75. The van der Waals surface area contributed by atoms with Crippen molar-refractivity contribution in [3.63, 3.8) is 0 Å². The molecule has 1 saturated carbocycles. The number of para-hydroxylation sites is 1. The minimum atomic E-state index is 0.506. The fourth-order valence-electron chi connectivity index (χ4n) is 2.73. The van der Waals surface area contributed by atoms with E-state index in [1.54, 1.807) is 7.11 Å². The lowest BCUT2D eigenvalue weighted by Crippen LogP contribution is -2.29. The Balaban J connectivity index is 2.03. The van der Waals surface area contributed by atoms with Gasteiger partial charge in [-0.3, -0.25) is 0 Å². The van der Waals surface area contributed by atoms with Gasteiger partial charge in [0, 0.05) is 16.1 Å². The molecule has 0 radical (unpaired) electrons. The molecule has 0 aromatic heterocycles. The predicted octanol–water partition coefficient (Wildman–Crippen LogP) is 4.03. The van der Waals surface area contributed by atoms with Crippen LogP contribution in [-0.2, 0) is 4.74 Å². The lowest BCUT2D eigenvalue weighted by Gasteiger charge is -2.29. The molecule has 1 aromatic carbocycles. The van der Waals surface area contributed by atoms with Crippen molar-refractivity contribution in [2.24, 2.45) is 10.9 Å². The van der Waals surface area contributed by atoms with Gasteiger partial charge in [-0.05, 0) is 25.0 Å². The van der Waals surface area contributed by atoms with Crippen LogP contribution < -0.4 is 0 Å². The van der Waals surface area contributed by atoms with E-state index in [9.17, 15) is 0 Å². The van der Waals surface area contributed by atoms with Crippen LogP contribution in [0.15, 0.2) is 34.2 Å². The van der Waals surface area contributed by atoms with Crippen LogP contribution in [0.2, 0.25) is 0 Å². The first-order chi connectivity index (χ1) is 8.38. The molecule has 2 atom stereocenters. The zero-order chi connectivity index (χ0) is 11.7. The van der Waals surface area contributed by atoms with E-state index in [4.69, 9.17) is 9.73 Å². The summed E-state index contributed by atoms with van der Waals surface area (Å²) in [5.41, 5.74) is 1.07. The zero-order valence-electron chi connectivity index (χ0n) is 10.1. The van der Waals surface area contributed by atoms with Crippen molar-refractivity contribution in [2.45, 2.75) is 35.8 Å².